The first kappa shape index (κ1) is 43.8. The van der Waals surface area contributed by atoms with Gasteiger partial charge in [-0.25, -0.2) is 0 Å². The summed E-state index contributed by atoms with van der Waals surface area (Å²) in [5.74, 6) is -2.75. The summed E-state index contributed by atoms with van der Waals surface area (Å²) in [6, 6.07) is 0. The van der Waals surface area contributed by atoms with Crippen LogP contribution in [0.5, 0.6) is 0 Å². The molecule has 7 nitrogen and oxygen atoms in total. The number of rotatable bonds is 33. The number of hydrogen-bond acceptors (Lipinski definition) is 4. The first-order chi connectivity index (χ1) is 24.7. The number of amides is 1. The second kappa shape index (κ2) is 23.2. The van der Waals surface area contributed by atoms with Gasteiger partial charge in [0.15, 0.2) is 0 Å². The average molecular weight is 717 g/mol. The molecule has 0 spiro atoms. The van der Waals surface area contributed by atoms with E-state index < -0.39 is 34.1 Å². The van der Waals surface area contributed by atoms with E-state index in [2.05, 4.69) is 18.7 Å². The van der Waals surface area contributed by atoms with E-state index in [-0.39, 0.29) is 24.7 Å². The van der Waals surface area contributed by atoms with Crippen LogP contribution in [0.15, 0.2) is 0 Å². The zero-order valence-electron chi connectivity index (χ0n) is 33.3. The van der Waals surface area contributed by atoms with E-state index in [1.807, 2.05) is 0 Å². The molecule has 4 aliphatic rings. The van der Waals surface area contributed by atoms with Crippen molar-refractivity contribution in [2.75, 3.05) is 19.6 Å². The third-order valence-electron chi connectivity index (χ3n) is 13.6. The van der Waals surface area contributed by atoms with E-state index in [4.69, 9.17) is 5.73 Å². The molecule has 0 heterocycles. The van der Waals surface area contributed by atoms with Crippen LogP contribution in [0.25, 0.3) is 0 Å². The highest BCUT2D eigenvalue weighted by molar-refractivity contribution is 5.88. The molecule has 4 fully saturated rings. The molecule has 51 heavy (non-hydrogen) atoms. The van der Waals surface area contributed by atoms with Crippen molar-refractivity contribution in [3.63, 3.8) is 0 Å². The topological polar surface area (TPSA) is 121 Å². The highest BCUT2D eigenvalue weighted by Crippen LogP contribution is 2.73. The Kier molecular flexibility index (Phi) is 19.9. The number of hydrogen-bond donors (Lipinski definition) is 3. The predicted octanol–water partition coefficient (Wildman–Crippen LogP) is 11.3. The lowest BCUT2D eigenvalue weighted by Crippen LogP contribution is -2.69. The molecule has 4 N–H and O–H groups in total. The van der Waals surface area contributed by atoms with Gasteiger partial charge in [-0.1, -0.05) is 155 Å². The maximum atomic E-state index is 13.0. The van der Waals surface area contributed by atoms with E-state index in [1.165, 1.54) is 161 Å². The van der Waals surface area contributed by atoms with Gasteiger partial charge in [0.1, 0.15) is 0 Å². The summed E-state index contributed by atoms with van der Waals surface area (Å²) in [4.78, 5) is 41.1. The van der Waals surface area contributed by atoms with E-state index in [0.29, 0.717) is 25.7 Å². The van der Waals surface area contributed by atoms with Gasteiger partial charge in [-0.05, 0) is 89.3 Å². The summed E-state index contributed by atoms with van der Waals surface area (Å²) >= 11 is 0. The Bertz CT molecular complexity index is 959. The molecule has 0 aromatic carbocycles. The Morgan fingerprint density at radius 3 is 1.29 bits per heavy atom. The molecular formula is C44H80N2O5. The van der Waals surface area contributed by atoms with Crippen molar-refractivity contribution >= 4 is 17.8 Å². The molecule has 4 saturated carbocycles. The average Bonchev–Trinajstić information content (AvgIpc) is 3.09. The monoisotopic (exact) mass is 717 g/mol. The van der Waals surface area contributed by atoms with Crippen molar-refractivity contribution in [1.29, 1.82) is 0 Å². The summed E-state index contributed by atoms with van der Waals surface area (Å²) in [5.41, 5.74) is 2.77. The smallest absolute Gasteiger partial charge is 0.309 e. The SMILES string of the molecule is CCCCCCCCCCCCN(CCCCCCCCCCCC)CCCCCCCC1C2(C(N)=O)CC3CC(C(=O)O)(C2)CC1(C(=O)O)C3. The molecule has 4 rings (SSSR count). The van der Waals surface area contributed by atoms with Gasteiger partial charge >= 0.3 is 11.9 Å². The second-order valence-electron chi connectivity index (χ2n) is 17.7. The van der Waals surface area contributed by atoms with Gasteiger partial charge in [-0.3, -0.25) is 14.4 Å². The van der Waals surface area contributed by atoms with Gasteiger partial charge in [0.05, 0.1) is 16.2 Å². The summed E-state index contributed by atoms with van der Waals surface area (Å²) in [7, 11) is 0. The van der Waals surface area contributed by atoms with Crippen LogP contribution in [0, 0.1) is 28.1 Å². The minimum atomic E-state index is -1.14. The predicted molar refractivity (Wildman–Crippen MR) is 210 cm³/mol. The molecule has 7 heteroatoms. The van der Waals surface area contributed by atoms with Crippen LogP contribution in [0.2, 0.25) is 0 Å². The Morgan fingerprint density at radius 1 is 0.529 bits per heavy atom. The Balaban J connectivity index is 1.38. The molecule has 0 aromatic heterocycles. The number of nitrogens with two attached hydrogens (primary N) is 1. The normalized spacial score (nSPS) is 26.6. The van der Waals surface area contributed by atoms with Gasteiger partial charge in [0.25, 0.3) is 0 Å². The molecule has 5 unspecified atom stereocenters. The van der Waals surface area contributed by atoms with Crippen LogP contribution in [0.3, 0.4) is 0 Å². The molecule has 0 aliphatic heterocycles. The minimum Gasteiger partial charge on any atom is -0.481 e. The fourth-order valence-electron chi connectivity index (χ4n) is 11.1. The van der Waals surface area contributed by atoms with Gasteiger partial charge in [0, 0.05) is 0 Å². The molecule has 0 radical (unpaired) electrons. The van der Waals surface area contributed by atoms with Gasteiger partial charge < -0.3 is 20.8 Å². The molecule has 296 valence electrons. The van der Waals surface area contributed by atoms with Crippen molar-refractivity contribution in [1.82, 2.24) is 4.90 Å². The number of unbranched alkanes of at least 4 members (excludes halogenated alkanes) is 22. The molecule has 0 saturated heterocycles. The molecule has 4 bridgehead atoms. The molecule has 4 aliphatic carbocycles. The number of aliphatic carboxylic acids is 2. The standard InChI is InChI=1S/C44H80N2O5/c1-3-5-7-9-11-13-15-17-21-25-29-46(30-26-22-18-16-14-12-10-8-6-4-2)31-27-23-19-20-24-28-38-43(39(45)47)33-37-32-42(35-43,40(48)49)36-44(38,34-37)41(50)51/h37-38H,3-36H2,1-2H3,(H2,45,47)(H,48,49)(H,50,51). The summed E-state index contributed by atoms with van der Waals surface area (Å²) in [5, 5.41) is 20.7. The van der Waals surface area contributed by atoms with Crippen molar-refractivity contribution in [2.24, 2.45) is 33.8 Å². The number of nitrogens with zero attached hydrogens (tertiary/aromatic N) is 1. The molecular weight excluding hydrogens is 636 g/mol. The Labute approximate surface area is 313 Å². The summed E-state index contributed by atoms with van der Waals surface area (Å²) in [6.45, 7) is 8.18. The fraction of sp³-hybridized carbons (Fsp3) is 0.932. The lowest BCUT2D eigenvalue weighted by atomic mass is 9.35. The van der Waals surface area contributed by atoms with E-state index in [9.17, 15) is 24.6 Å². The lowest BCUT2D eigenvalue weighted by Gasteiger charge is -2.66. The zero-order chi connectivity index (χ0) is 37.0. The van der Waals surface area contributed by atoms with Crippen molar-refractivity contribution in [3.8, 4) is 0 Å². The first-order valence-electron chi connectivity index (χ1n) is 22.1. The highest BCUT2D eigenvalue weighted by atomic mass is 16.4. The van der Waals surface area contributed by atoms with Crippen molar-refractivity contribution in [2.45, 2.75) is 213 Å². The van der Waals surface area contributed by atoms with E-state index >= 15 is 0 Å². The number of carboxylic acids is 2. The van der Waals surface area contributed by atoms with Crippen molar-refractivity contribution < 1.29 is 24.6 Å². The van der Waals surface area contributed by atoms with E-state index in [0.717, 1.165) is 19.3 Å². The Morgan fingerprint density at radius 2 is 0.902 bits per heavy atom. The summed E-state index contributed by atoms with van der Waals surface area (Å²) in [6.07, 6.45) is 35.4. The number of carboxylic acid groups (broad SMARTS) is 2. The maximum absolute atomic E-state index is 13.0. The minimum absolute atomic E-state index is 0.0490. The number of carbonyl (C=O) groups is 3. The van der Waals surface area contributed by atoms with Gasteiger partial charge in [-0.15, -0.1) is 0 Å². The first-order valence-corrected chi connectivity index (χ1v) is 22.1. The highest BCUT2D eigenvalue weighted by Gasteiger charge is 2.74. The van der Waals surface area contributed by atoms with Gasteiger partial charge in [0.2, 0.25) is 5.91 Å². The maximum Gasteiger partial charge on any atom is 0.309 e. The van der Waals surface area contributed by atoms with Crippen LogP contribution in [0.1, 0.15) is 213 Å². The molecule has 1 amide bonds. The van der Waals surface area contributed by atoms with E-state index in [1.54, 1.807) is 0 Å². The lowest BCUT2D eigenvalue weighted by molar-refractivity contribution is -0.223. The van der Waals surface area contributed by atoms with Crippen LogP contribution < -0.4 is 5.73 Å². The van der Waals surface area contributed by atoms with Gasteiger partial charge in [-0.2, -0.15) is 0 Å². The van der Waals surface area contributed by atoms with Crippen molar-refractivity contribution in [3.05, 3.63) is 0 Å². The van der Waals surface area contributed by atoms with Crippen LogP contribution in [-0.2, 0) is 14.4 Å². The largest absolute Gasteiger partial charge is 0.481 e. The van der Waals surface area contributed by atoms with Crippen LogP contribution in [0.4, 0.5) is 0 Å². The second-order valence-corrected chi connectivity index (χ2v) is 17.7. The quantitative estimate of drug-likeness (QED) is 0.0581. The Hall–Kier alpha value is -1.63. The van der Waals surface area contributed by atoms with Crippen LogP contribution in [-0.4, -0.2) is 52.6 Å². The fourth-order valence-corrected chi connectivity index (χ4v) is 11.1. The zero-order valence-corrected chi connectivity index (χ0v) is 33.3. The summed E-state index contributed by atoms with van der Waals surface area (Å²) < 4.78 is 0. The molecule has 0 aromatic rings. The third kappa shape index (κ3) is 13.0. The number of primary amides is 1. The number of carbonyl (C=O) groups excluding carboxylic acids is 1. The molecule has 5 atom stereocenters. The van der Waals surface area contributed by atoms with Crippen LogP contribution >= 0.6 is 0 Å². The third-order valence-corrected chi connectivity index (χ3v) is 13.6.